The summed E-state index contributed by atoms with van der Waals surface area (Å²) in [5.41, 5.74) is 1.62. The lowest BCUT2D eigenvalue weighted by Crippen LogP contribution is -1.68. The summed E-state index contributed by atoms with van der Waals surface area (Å²) >= 11 is 6.03. The fraction of sp³-hybridized carbons (Fsp3) is 0. The highest BCUT2D eigenvalue weighted by atomic mass is 32.1. The second-order valence-electron chi connectivity index (χ2n) is 6.61. The third-order valence-electron chi connectivity index (χ3n) is 4.58. The number of fused-ring (bicyclic) bond motifs is 3. The summed E-state index contributed by atoms with van der Waals surface area (Å²) in [5, 5.41) is 36.1. The number of rotatable bonds is 4. The molecule has 0 saturated heterocycles. The van der Waals surface area contributed by atoms with Gasteiger partial charge >= 0.3 is 0 Å². The first-order chi connectivity index (χ1) is 17.0. The number of allylic oxidation sites excluding steroid dienone is 2. The van der Waals surface area contributed by atoms with Crippen molar-refractivity contribution in [3.63, 3.8) is 0 Å². The zero-order chi connectivity index (χ0) is 24.7. The summed E-state index contributed by atoms with van der Waals surface area (Å²) in [7, 11) is 0. The van der Waals surface area contributed by atoms with Gasteiger partial charge in [0.25, 0.3) is 0 Å². The molecule has 0 atom stereocenters. The lowest BCUT2D eigenvalue weighted by molar-refractivity contribution is 1.47. The van der Waals surface area contributed by atoms with Gasteiger partial charge in [0, 0.05) is 29.3 Å². The minimum atomic E-state index is -0.203. The second-order valence-corrected chi connectivity index (χ2v) is 10.9. The number of H-pyrrole nitrogens is 1. The average molecular weight is 498 g/mol. The van der Waals surface area contributed by atoms with Crippen LogP contribution in [0.5, 0.6) is 0 Å². The molecule has 33 heavy (non-hydrogen) atoms. The Morgan fingerprint density at radius 1 is 0.667 bits per heavy atom. The van der Waals surface area contributed by atoms with Crippen LogP contribution < -0.4 is 0 Å². The zero-order valence-corrected chi connectivity index (χ0v) is 19.7. The van der Waals surface area contributed by atoms with Gasteiger partial charge in [-0.2, -0.15) is 21.0 Å². The molecule has 154 valence electrons. The van der Waals surface area contributed by atoms with E-state index in [1.54, 1.807) is 59.1 Å². The van der Waals surface area contributed by atoms with Crippen LogP contribution in [0.25, 0.3) is 52.0 Å². The van der Waals surface area contributed by atoms with Crippen molar-refractivity contribution in [1.82, 2.24) is 4.98 Å². The van der Waals surface area contributed by atoms with Gasteiger partial charge < -0.3 is 4.98 Å². The molecule has 0 aliphatic heterocycles. The molecular weight excluding hydrogens is 487 g/mol. The number of nitrogens with one attached hydrogen (secondary N) is 1. The molecule has 0 saturated carbocycles. The molecule has 5 nitrogen and oxygen atoms in total. The van der Waals surface area contributed by atoms with Crippen LogP contribution >= 0.6 is 45.3 Å². The maximum atomic E-state index is 9.03. The van der Waals surface area contributed by atoms with Crippen LogP contribution in [0.1, 0.15) is 12.5 Å². The van der Waals surface area contributed by atoms with Gasteiger partial charge in [-0.3, -0.25) is 0 Å². The fourth-order valence-electron chi connectivity index (χ4n) is 3.18. The van der Waals surface area contributed by atoms with Gasteiger partial charge in [0.1, 0.15) is 35.4 Å². The van der Waals surface area contributed by atoms with Crippen LogP contribution in [0, 0.1) is 45.3 Å². The summed E-state index contributed by atoms with van der Waals surface area (Å²) in [6.07, 6.45) is 0. The van der Waals surface area contributed by atoms with Crippen molar-refractivity contribution in [3.05, 3.63) is 57.3 Å². The Labute approximate surface area is 207 Å². The molecule has 0 aliphatic carbocycles. The van der Waals surface area contributed by atoms with Crippen molar-refractivity contribution in [3.8, 4) is 43.8 Å². The monoisotopic (exact) mass is 497 g/mol. The first kappa shape index (κ1) is 18.6. The highest BCUT2D eigenvalue weighted by Gasteiger charge is 2.16. The van der Waals surface area contributed by atoms with Crippen LogP contribution in [-0.2, 0) is 0 Å². The molecule has 0 bridgehead atoms. The second kappa shape index (κ2) is 8.52. The van der Waals surface area contributed by atoms with Crippen LogP contribution in [0.3, 0.4) is 0 Å². The van der Waals surface area contributed by atoms with Crippen molar-refractivity contribution >= 4 is 77.9 Å². The number of aromatic nitrogens is 1. The third kappa shape index (κ3) is 3.88. The number of hydrogen-bond acceptors (Lipinski definition) is 8. The average Bonchev–Trinajstić information content (AvgIpc) is 3.66. The number of nitriles is 4. The zero-order valence-electron chi connectivity index (χ0n) is 18.4. The summed E-state index contributed by atoms with van der Waals surface area (Å²) < 4.78 is 18.4. The molecule has 5 aromatic heterocycles. The quantitative estimate of drug-likeness (QED) is 0.256. The number of thiophene rings is 4. The molecule has 5 heterocycles. The molecule has 5 rings (SSSR count). The van der Waals surface area contributed by atoms with Crippen molar-refractivity contribution < 1.29 is 2.74 Å². The van der Waals surface area contributed by atoms with Crippen LogP contribution in [0.15, 0.2) is 47.5 Å². The Bertz CT molecular complexity index is 1710. The summed E-state index contributed by atoms with van der Waals surface area (Å²) in [5.74, 6) is 0. The maximum absolute atomic E-state index is 9.03. The van der Waals surface area contributed by atoms with E-state index in [1.165, 1.54) is 22.7 Å². The lowest BCUT2D eigenvalue weighted by Gasteiger charge is -1.88. The standard InChI is InChI=1S/C24H9N5S4/c25-9-13(10-26)5-15-1-3-19(30-15)21-7-17-23(32-21)24-18(29-17)8-22(33-24)20-4-2-16(31-20)6-14(11-27)12-28/h1-8,29H/i5D,6D. The Morgan fingerprint density at radius 2 is 1.09 bits per heavy atom. The van der Waals surface area contributed by atoms with E-state index in [0.717, 1.165) is 39.9 Å². The smallest absolute Gasteiger partial charge is 0.131 e. The van der Waals surface area contributed by atoms with Gasteiger partial charge in [0.05, 0.1) is 23.2 Å². The van der Waals surface area contributed by atoms with Gasteiger partial charge in [0.2, 0.25) is 0 Å². The predicted octanol–water partition coefficient (Wildman–Crippen LogP) is 7.76. The van der Waals surface area contributed by atoms with E-state index in [1.807, 2.05) is 12.1 Å². The summed E-state index contributed by atoms with van der Waals surface area (Å²) in [6, 6.07) is 18.4. The van der Waals surface area contributed by atoms with Crippen molar-refractivity contribution in [2.24, 2.45) is 0 Å². The van der Waals surface area contributed by atoms with E-state index >= 15 is 0 Å². The first-order valence-corrected chi connectivity index (χ1v) is 12.5. The van der Waals surface area contributed by atoms with Crippen molar-refractivity contribution in [2.75, 3.05) is 0 Å². The third-order valence-corrected chi connectivity index (χ3v) is 9.41. The molecule has 0 spiro atoms. The van der Waals surface area contributed by atoms with Crippen LogP contribution in [0.4, 0.5) is 0 Å². The van der Waals surface area contributed by atoms with Gasteiger partial charge in [-0.05, 0) is 48.5 Å². The van der Waals surface area contributed by atoms with E-state index in [2.05, 4.69) is 17.1 Å². The molecule has 0 aliphatic rings. The minimum Gasteiger partial charge on any atom is -0.353 e. The SMILES string of the molecule is [2H]C(=C(C#N)C#N)c1ccc(-c2cc3[nH]c4cc(-c5ccc(C([2H])=C(C#N)C#N)s5)sc4c3s2)s1. The molecule has 5 aromatic rings. The van der Waals surface area contributed by atoms with Gasteiger partial charge in [-0.1, -0.05) is 0 Å². The molecule has 1 N–H and O–H groups in total. The Balaban J connectivity index is 1.50. The first-order valence-electron chi connectivity index (χ1n) is 10.3. The Morgan fingerprint density at radius 3 is 1.48 bits per heavy atom. The van der Waals surface area contributed by atoms with E-state index in [-0.39, 0.29) is 23.3 Å². The maximum Gasteiger partial charge on any atom is 0.131 e. The van der Waals surface area contributed by atoms with E-state index < -0.39 is 0 Å². The van der Waals surface area contributed by atoms with E-state index in [9.17, 15) is 0 Å². The van der Waals surface area contributed by atoms with Gasteiger partial charge in [-0.15, -0.1) is 45.3 Å². The summed E-state index contributed by atoms with van der Waals surface area (Å²) in [4.78, 5) is 8.59. The number of aromatic amines is 1. The van der Waals surface area contributed by atoms with Crippen LogP contribution in [-0.4, -0.2) is 4.98 Å². The topological polar surface area (TPSA) is 111 Å². The van der Waals surface area contributed by atoms with Gasteiger partial charge in [0.15, 0.2) is 0 Å². The normalized spacial score (nSPS) is 11.2. The predicted molar refractivity (Wildman–Crippen MR) is 137 cm³/mol. The van der Waals surface area contributed by atoms with E-state index in [4.69, 9.17) is 23.8 Å². The molecule has 0 amide bonds. The molecule has 0 fully saturated rings. The number of nitrogens with zero attached hydrogens (tertiary/aromatic N) is 4. The lowest BCUT2D eigenvalue weighted by atomic mass is 10.3. The highest BCUT2D eigenvalue weighted by molar-refractivity contribution is 7.32. The largest absolute Gasteiger partial charge is 0.353 e. The molecule has 9 heteroatoms. The molecular formula is C24H9N5S4. The number of hydrogen-bond donors (Lipinski definition) is 1. The minimum absolute atomic E-state index is 0.0590. The van der Waals surface area contributed by atoms with Gasteiger partial charge in [-0.25, -0.2) is 0 Å². The fourth-order valence-corrected chi connectivity index (χ4v) is 7.55. The molecule has 0 aromatic carbocycles. The van der Waals surface area contributed by atoms with Crippen LogP contribution in [0.2, 0.25) is 0 Å². The molecule has 0 radical (unpaired) electrons. The molecule has 0 unspecified atom stereocenters. The summed E-state index contributed by atoms with van der Waals surface area (Å²) in [6.45, 7) is 0. The Hall–Kier alpha value is -3.96. The highest BCUT2D eigenvalue weighted by Crippen LogP contribution is 2.45. The van der Waals surface area contributed by atoms with E-state index in [0.29, 0.717) is 9.75 Å². The Kier molecular flexibility index (Phi) is 4.80. The van der Waals surface area contributed by atoms with Crippen molar-refractivity contribution in [2.45, 2.75) is 0 Å². The van der Waals surface area contributed by atoms with Crippen molar-refractivity contribution in [1.29, 1.82) is 21.0 Å².